The Kier molecular flexibility index (Phi) is 4.66. The van der Waals surface area contributed by atoms with Crippen LogP contribution in [0, 0.1) is 6.92 Å². The van der Waals surface area contributed by atoms with Gasteiger partial charge in [0, 0.05) is 6.54 Å². The number of nitrogens with two attached hydrogens (primary N) is 1. The van der Waals surface area contributed by atoms with Crippen molar-refractivity contribution >= 4 is 20.0 Å². The molecular formula is C14H16N2O4S2. The molecule has 0 saturated carbocycles. The zero-order valence-corrected chi connectivity index (χ0v) is 13.5. The zero-order valence-electron chi connectivity index (χ0n) is 11.9. The third kappa shape index (κ3) is 4.14. The zero-order chi connectivity index (χ0) is 16.4. The molecule has 0 aliphatic carbocycles. The van der Waals surface area contributed by atoms with E-state index in [0.717, 1.165) is 17.2 Å². The molecule has 0 aromatic heterocycles. The minimum Gasteiger partial charge on any atom is -0.225 e. The second kappa shape index (κ2) is 6.17. The van der Waals surface area contributed by atoms with Crippen LogP contribution in [0.25, 0.3) is 0 Å². The molecule has 3 N–H and O–H groups in total. The van der Waals surface area contributed by atoms with E-state index < -0.39 is 20.0 Å². The second-order valence-corrected chi connectivity index (χ2v) is 8.16. The van der Waals surface area contributed by atoms with Crippen LogP contribution in [-0.2, 0) is 26.6 Å². The fourth-order valence-electron chi connectivity index (χ4n) is 1.90. The number of rotatable bonds is 5. The summed E-state index contributed by atoms with van der Waals surface area (Å²) in [6, 6.07) is 12.3. The van der Waals surface area contributed by atoms with Gasteiger partial charge >= 0.3 is 0 Å². The highest BCUT2D eigenvalue weighted by Crippen LogP contribution is 2.15. The number of primary sulfonamides is 1. The van der Waals surface area contributed by atoms with Crippen molar-refractivity contribution in [3.05, 3.63) is 59.7 Å². The maximum atomic E-state index is 12.2. The van der Waals surface area contributed by atoms with Crippen LogP contribution in [-0.4, -0.2) is 16.8 Å². The smallest absolute Gasteiger partial charge is 0.225 e. The van der Waals surface area contributed by atoms with Gasteiger partial charge in [0.15, 0.2) is 0 Å². The maximum absolute atomic E-state index is 12.2. The molecule has 0 aliphatic rings. The molecule has 0 unspecified atom stereocenters. The average Bonchev–Trinajstić information content (AvgIpc) is 2.45. The van der Waals surface area contributed by atoms with Crippen molar-refractivity contribution in [1.29, 1.82) is 0 Å². The van der Waals surface area contributed by atoms with Gasteiger partial charge in [0.05, 0.1) is 9.79 Å². The van der Waals surface area contributed by atoms with Crippen LogP contribution in [0.3, 0.4) is 0 Å². The summed E-state index contributed by atoms with van der Waals surface area (Å²) in [5, 5.41) is 5.01. The predicted molar refractivity (Wildman–Crippen MR) is 83.0 cm³/mol. The van der Waals surface area contributed by atoms with Gasteiger partial charge in [-0.2, -0.15) is 0 Å². The van der Waals surface area contributed by atoms with Crippen LogP contribution < -0.4 is 9.86 Å². The van der Waals surface area contributed by atoms with Crippen molar-refractivity contribution in [2.45, 2.75) is 23.3 Å². The number of sulfonamides is 2. The summed E-state index contributed by atoms with van der Waals surface area (Å²) in [5.41, 5.74) is 1.83. The molecule has 0 atom stereocenters. The normalized spacial score (nSPS) is 12.3. The molecule has 6 nitrogen and oxygen atoms in total. The molecule has 0 saturated heterocycles. The fraction of sp³-hybridized carbons (Fsp3) is 0.143. The van der Waals surface area contributed by atoms with Crippen molar-refractivity contribution in [1.82, 2.24) is 4.72 Å². The quantitative estimate of drug-likeness (QED) is 0.850. The minimum absolute atomic E-state index is 0.115. The van der Waals surface area contributed by atoms with Crippen LogP contribution in [0.2, 0.25) is 0 Å². The van der Waals surface area contributed by atoms with Gasteiger partial charge in [-0.1, -0.05) is 35.9 Å². The molecule has 0 aliphatic heterocycles. The van der Waals surface area contributed by atoms with E-state index in [9.17, 15) is 16.8 Å². The topological polar surface area (TPSA) is 106 Å². The first-order valence-corrected chi connectivity index (χ1v) is 9.39. The van der Waals surface area contributed by atoms with Crippen LogP contribution >= 0.6 is 0 Å². The summed E-state index contributed by atoms with van der Waals surface area (Å²) in [6.07, 6.45) is 0. The Bertz CT molecular complexity index is 891. The monoisotopic (exact) mass is 340 g/mol. The van der Waals surface area contributed by atoms with E-state index >= 15 is 0 Å². The van der Waals surface area contributed by atoms with Crippen molar-refractivity contribution < 1.29 is 16.8 Å². The lowest BCUT2D eigenvalue weighted by Gasteiger charge is -2.08. The van der Waals surface area contributed by atoms with E-state index in [-0.39, 0.29) is 16.3 Å². The third-order valence-corrected chi connectivity index (χ3v) is 5.30. The standard InChI is InChI=1S/C14H16N2O4S2/c1-11-4-2-5-12(8-11)10-16-22(19,20)14-7-3-6-13(9-14)21(15,17)18/h2-9,16H,10H2,1H3,(H2,15,17,18). The lowest BCUT2D eigenvalue weighted by Crippen LogP contribution is -2.23. The first-order valence-electron chi connectivity index (χ1n) is 6.36. The SMILES string of the molecule is Cc1cccc(CNS(=O)(=O)c2cccc(S(N)(=O)=O)c2)c1. The Labute approximate surface area is 130 Å². The Morgan fingerprint density at radius 3 is 2.23 bits per heavy atom. The highest BCUT2D eigenvalue weighted by molar-refractivity contribution is 7.90. The highest BCUT2D eigenvalue weighted by Gasteiger charge is 2.17. The van der Waals surface area contributed by atoms with Crippen molar-refractivity contribution in [2.75, 3.05) is 0 Å². The number of benzene rings is 2. The lowest BCUT2D eigenvalue weighted by atomic mass is 10.1. The molecule has 0 heterocycles. The van der Waals surface area contributed by atoms with Crippen LogP contribution in [0.5, 0.6) is 0 Å². The molecule has 0 bridgehead atoms. The largest absolute Gasteiger partial charge is 0.240 e. The second-order valence-electron chi connectivity index (χ2n) is 4.83. The summed E-state index contributed by atoms with van der Waals surface area (Å²) in [6.45, 7) is 2.02. The Morgan fingerprint density at radius 1 is 0.955 bits per heavy atom. The molecule has 0 amide bonds. The Balaban J connectivity index is 2.24. The molecule has 0 fully saturated rings. The minimum atomic E-state index is -3.95. The van der Waals surface area contributed by atoms with Gasteiger partial charge in [-0.05, 0) is 30.7 Å². The number of aryl methyl sites for hydroxylation is 1. The van der Waals surface area contributed by atoms with E-state index in [4.69, 9.17) is 5.14 Å². The summed E-state index contributed by atoms with van der Waals surface area (Å²) in [4.78, 5) is -0.391. The number of hydrogen-bond acceptors (Lipinski definition) is 4. The molecule has 8 heteroatoms. The molecule has 118 valence electrons. The number of nitrogens with one attached hydrogen (secondary N) is 1. The Hall–Kier alpha value is -1.74. The Morgan fingerprint density at radius 2 is 1.59 bits per heavy atom. The van der Waals surface area contributed by atoms with Crippen molar-refractivity contribution in [3.63, 3.8) is 0 Å². The predicted octanol–water partition coefficient (Wildman–Crippen LogP) is 1.12. The number of hydrogen-bond donors (Lipinski definition) is 2. The van der Waals surface area contributed by atoms with Crippen LogP contribution in [0.1, 0.15) is 11.1 Å². The molecule has 2 rings (SSSR count). The van der Waals surface area contributed by atoms with Crippen LogP contribution in [0.15, 0.2) is 58.3 Å². The average molecular weight is 340 g/mol. The molecule has 0 radical (unpaired) electrons. The van der Waals surface area contributed by atoms with E-state index in [1.807, 2.05) is 25.1 Å². The van der Waals surface area contributed by atoms with Crippen LogP contribution in [0.4, 0.5) is 0 Å². The summed E-state index contributed by atoms with van der Waals surface area (Å²) in [5.74, 6) is 0. The van der Waals surface area contributed by atoms with E-state index in [1.54, 1.807) is 6.07 Å². The van der Waals surface area contributed by atoms with Gasteiger partial charge in [-0.25, -0.2) is 26.7 Å². The highest BCUT2D eigenvalue weighted by atomic mass is 32.2. The summed E-state index contributed by atoms with van der Waals surface area (Å²) < 4.78 is 49.5. The molecule has 22 heavy (non-hydrogen) atoms. The molecule has 2 aromatic carbocycles. The lowest BCUT2D eigenvalue weighted by molar-refractivity contribution is 0.581. The van der Waals surface area contributed by atoms with Crippen molar-refractivity contribution in [2.24, 2.45) is 5.14 Å². The third-order valence-electron chi connectivity index (χ3n) is 2.99. The van der Waals surface area contributed by atoms with Gasteiger partial charge in [-0.15, -0.1) is 0 Å². The van der Waals surface area contributed by atoms with Gasteiger partial charge < -0.3 is 0 Å². The van der Waals surface area contributed by atoms with E-state index in [1.165, 1.54) is 18.2 Å². The maximum Gasteiger partial charge on any atom is 0.240 e. The summed E-state index contributed by atoms with van der Waals surface area (Å²) >= 11 is 0. The fourth-order valence-corrected chi connectivity index (χ4v) is 3.60. The first kappa shape index (κ1) is 16.6. The first-order chi connectivity index (χ1) is 10.2. The van der Waals surface area contributed by atoms with Gasteiger partial charge in [-0.3, -0.25) is 0 Å². The van der Waals surface area contributed by atoms with Gasteiger partial charge in [0.25, 0.3) is 0 Å². The van der Waals surface area contributed by atoms with Gasteiger partial charge in [0.2, 0.25) is 20.0 Å². The molecule has 0 spiro atoms. The van der Waals surface area contributed by atoms with Crippen molar-refractivity contribution in [3.8, 4) is 0 Å². The van der Waals surface area contributed by atoms with E-state index in [2.05, 4.69) is 4.72 Å². The van der Waals surface area contributed by atoms with Gasteiger partial charge in [0.1, 0.15) is 0 Å². The molecular weight excluding hydrogens is 324 g/mol. The molecule has 2 aromatic rings. The van der Waals surface area contributed by atoms with E-state index in [0.29, 0.717) is 0 Å². The summed E-state index contributed by atoms with van der Waals surface area (Å²) in [7, 11) is -7.77.